The number of pyridine rings is 1. The molecule has 2 aromatic heterocycles. The van der Waals surface area contributed by atoms with Crippen molar-refractivity contribution in [1.82, 2.24) is 20.1 Å². The first-order valence-electron chi connectivity index (χ1n) is 6.44. The summed E-state index contributed by atoms with van der Waals surface area (Å²) in [6.07, 6.45) is 4.86. The summed E-state index contributed by atoms with van der Waals surface area (Å²) in [5, 5.41) is 7.83. The van der Waals surface area contributed by atoms with E-state index in [-0.39, 0.29) is 0 Å². The molecule has 0 aliphatic heterocycles. The number of aromatic nitrogens is 3. The van der Waals surface area contributed by atoms with Crippen molar-refractivity contribution in [3.05, 3.63) is 41.3 Å². The Bertz CT molecular complexity index is 519. The normalized spacial score (nSPS) is 10.7. The van der Waals surface area contributed by atoms with Gasteiger partial charge in [-0.3, -0.25) is 4.68 Å². The molecule has 0 atom stereocenters. The molecule has 5 nitrogen and oxygen atoms in total. The van der Waals surface area contributed by atoms with Crippen molar-refractivity contribution in [3.63, 3.8) is 0 Å². The number of ether oxygens (including phenoxy) is 1. The van der Waals surface area contributed by atoms with Crippen LogP contribution in [0.15, 0.2) is 24.5 Å². The molecule has 0 saturated carbocycles. The van der Waals surface area contributed by atoms with Crippen molar-refractivity contribution in [1.29, 1.82) is 0 Å². The van der Waals surface area contributed by atoms with Crippen molar-refractivity contribution in [2.75, 3.05) is 7.11 Å². The van der Waals surface area contributed by atoms with E-state index in [1.54, 1.807) is 7.11 Å². The molecule has 1 N–H and O–H groups in total. The highest BCUT2D eigenvalue weighted by Gasteiger charge is 2.05. The first-order valence-corrected chi connectivity index (χ1v) is 6.44. The van der Waals surface area contributed by atoms with Crippen LogP contribution < -0.4 is 10.1 Å². The number of methoxy groups -OCH3 is 1. The zero-order valence-corrected chi connectivity index (χ0v) is 11.7. The van der Waals surface area contributed by atoms with Crippen LogP contribution in [0.3, 0.4) is 0 Å². The van der Waals surface area contributed by atoms with Gasteiger partial charge in [0.15, 0.2) is 0 Å². The third-order valence-corrected chi connectivity index (χ3v) is 2.98. The van der Waals surface area contributed by atoms with Gasteiger partial charge in [-0.05, 0) is 12.0 Å². The highest BCUT2D eigenvalue weighted by atomic mass is 16.5. The van der Waals surface area contributed by atoms with Gasteiger partial charge >= 0.3 is 0 Å². The van der Waals surface area contributed by atoms with Crippen LogP contribution in [0, 0.1) is 0 Å². The van der Waals surface area contributed by atoms with E-state index < -0.39 is 0 Å². The quantitative estimate of drug-likeness (QED) is 0.858. The fourth-order valence-corrected chi connectivity index (χ4v) is 2.01. The average Bonchev–Trinajstić information content (AvgIpc) is 2.80. The molecule has 0 bridgehead atoms. The molecule has 0 aliphatic rings. The minimum absolute atomic E-state index is 0.643. The molecular weight excluding hydrogens is 240 g/mol. The van der Waals surface area contributed by atoms with E-state index in [0.717, 1.165) is 30.8 Å². The van der Waals surface area contributed by atoms with Crippen molar-refractivity contribution in [3.8, 4) is 5.88 Å². The molecule has 0 radical (unpaired) electrons. The minimum atomic E-state index is 0.643. The fraction of sp³-hybridized carbons (Fsp3) is 0.429. The summed E-state index contributed by atoms with van der Waals surface area (Å²) in [6.45, 7) is 3.73. The molecule has 2 heterocycles. The summed E-state index contributed by atoms with van der Waals surface area (Å²) in [4.78, 5) is 4.18. The summed E-state index contributed by atoms with van der Waals surface area (Å²) < 4.78 is 6.90. The number of rotatable bonds is 6. The Balaban J connectivity index is 1.88. The van der Waals surface area contributed by atoms with Crippen LogP contribution in [-0.2, 0) is 26.6 Å². The topological polar surface area (TPSA) is 52.0 Å². The molecule has 5 heteroatoms. The molecule has 0 amide bonds. The SMILES string of the molecule is CCc1nn(C)cc1CNCc1ccc(OC)nc1. The third kappa shape index (κ3) is 3.54. The van der Waals surface area contributed by atoms with Crippen LogP contribution >= 0.6 is 0 Å². The molecule has 2 aromatic rings. The zero-order valence-electron chi connectivity index (χ0n) is 11.7. The van der Waals surface area contributed by atoms with Gasteiger partial charge in [0.05, 0.1) is 12.8 Å². The summed E-state index contributed by atoms with van der Waals surface area (Å²) >= 11 is 0. The summed E-state index contributed by atoms with van der Waals surface area (Å²) in [6, 6.07) is 3.89. The van der Waals surface area contributed by atoms with Crippen LogP contribution in [0.25, 0.3) is 0 Å². The van der Waals surface area contributed by atoms with E-state index >= 15 is 0 Å². The summed E-state index contributed by atoms with van der Waals surface area (Å²) in [5.74, 6) is 0.643. The van der Waals surface area contributed by atoms with E-state index in [2.05, 4.69) is 28.5 Å². The van der Waals surface area contributed by atoms with Crippen molar-refractivity contribution >= 4 is 0 Å². The van der Waals surface area contributed by atoms with Gasteiger partial charge in [0.2, 0.25) is 5.88 Å². The van der Waals surface area contributed by atoms with Gasteiger partial charge in [-0.15, -0.1) is 0 Å². The highest BCUT2D eigenvalue weighted by molar-refractivity contribution is 5.19. The third-order valence-electron chi connectivity index (χ3n) is 2.98. The molecule has 0 unspecified atom stereocenters. The Labute approximate surface area is 113 Å². The van der Waals surface area contributed by atoms with E-state index in [1.807, 2.05) is 30.1 Å². The fourth-order valence-electron chi connectivity index (χ4n) is 2.01. The monoisotopic (exact) mass is 260 g/mol. The van der Waals surface area contributed by atoms with Crippen molar-refractivity contribution in [2.45, 2.75) is 26.4 Å². The molecule has 0 aliphatic carbocycles. The predicted octanol–water partition coefficient (Wildman–Crippen LogP) is 1.68. The van der Waals surface area contributed by atoms with Gasteiger partial charge in [-0.1, -0.05) is 13.0 Å². The van der Waals surface area contributed by atoms with E-state index in [1.165, 1.54) is 5.56 Å². The lowest BCUT2D eigenvalue weighted by Gasteiger charge is -2.05. The first-order chi connectivity index (χ1) is 9.22. The number of nitrogens with zero attached hydrogens (tertiary/aromatic N) is 3. The van der Waals surface area contributed by atoms with Gasteiger partial charge in [0.25, 0.3) is 0 Å². The van der Waals surface area contributed by atoms with E-state index in [4.69, 9.17) is 4.74 Å². The number of hydrogen-bond acceptors (Lipinski definition) is 4. The Hall–Kier alpha value is -1.88. The first kappa shape index (κ1) is 13.5. The van der Waals surface area contributed by atoms with Crippen LogP contribution in [-0.4, -0.2) is 21.9 Å². The second-order valence-electron chi connectivity index (χ2n) is 4.44. The molecule has 19 heavy (non-hydrogen) atoms. The van der Waals surface area contributed by atoms with Crippen molar-refractivity contribution in [2.24, 2.45) is 7.05 Å². The molecule has 2 rings (SSSR count). The second kappa shape index (κ2) is 6.33. The van der Waals surface area contributed by atoms with Gasteiger partial charge in [0.1, 0.15) is 0 Å². The number of aryl methyl sites for hydroxylation is 2. The lowest BCUT2D eigenvalue weighted by atomic mass is 10.2. The molecule has 102 valence electrons. The largest absolute Gasteiger partial charge is 0.481 e. The standard InChI is InChI=1S/C14H20N4O/c1-4-13-12(10-18(2)17-13)9-15-7-11-5-6-14(19-3)16-8-11/h5-6,8,10,15H,4,7,9H2,1-3H3. The maximum absolute atomic E-state index is 5.03. The maximum Gasteiger partial charge on any atom is 0.212 e. The Morgan fingerprint density at radius 3 is 2.79 bits per heavy atom. The summed E-state index contributed by atoms with van der Waals surface area (Å²) in [7, 11) is 3.57. The molecule has 0 spiro atoms. The maximum atomic E-state index is 5.03. The predicted molar refractivity (Wildman–Crippen MR) is 73.9 cm³/mol. The van der Waals surface area contributed by atoms with Crippen LogP contribution in [0.5, 0.6) is 5.88 Å². The average molecular weight is 260 g/mol. The second-order valence-corrected chi connectivity index (χ2v) is 4.44. The highest BCUT2D eigenvalue weighted by Crippen LogP contribution is 2.09. The Morgan fingerprint density at radius 2 is 2.16 bits per heavy atom. The zero-order chi connectivity index (χ0) is 13.7. The van der Waals surface area contributed by atoms with Gasteiger partial charge in [0, 0.05) is 44.2 Å². The van der Waals surface area contributed by atoms with Crippen LogP contribution in [0.1, 0.15) is 23.7 Å². The van der Waals surface area contributed by atoms with Gasteiger partial charge in [-0.2, -0.15) is 5.10 Å². The Kier molecular flexibility index (Phi) is 4.52. The summed E-state index contributed by atoms with van der Waals surface area (Å²) in [5.41, 5.74) is 3.55. The molecule has 0 aromatic carbocycles. The number of nitrogens with one attached hydrogen (secondary N) is 1. The van der Waals surface area contributed by atoms with E-state index in [9.17, 15) is 0 Å². The smallest absolute Gasteiger partial charge is 0.212 e. The molecule has 0 saturated heterocycles. The lowest BCUT2D eigenvalue weighted by Crippen LogP contribution is -2.13. The number of hydrogen-bond donors (Lipinski definition) is 1. The van der Waals surface area contributed by atoms with Crippen LogP contribution in [0.2, 0.25) is 0 Å². The lowest BCUT2D eigenvalue weighted by molar-refractivity contribution is 0.397. The van der Waals surface area contributed by atoms with Crippen molar-refractivity contribution < 1.29 is 4.74 Å². The molecule has 0 fully saturated rings. The van der Waals surface area contributed by atoms with Gasteiger partial charge < -0.3 is 10.1 Å². The molecular formula is C14H20N4O. The minimum Gasteiger partial charge on any atom is -0.481 e. The van der Waals surface area contributed by atoms with Crippen LogP contribution in [0.4, 0.5) is 0 Å². The van der Waals surface area contributed by atoms with E-state index in [0.29, 0.717) is 5.88 Å². The van der Waals surface area contributed by atoms with Gasteiger partial charge in [-0.25, -0.2) is 4.98 Å². The Morgan fingerprint density at radius 1 is 1.32 bits per heavy atom.